The molecule has 276 valence electrons. The molecule has 51 heavy (non-hydrogen) atoms. The fourth-order valence-electron chi connectivity index (χ4n) is 7.59. The number of aryl methyl sites for hydroxylation is 1. The Morgan fingerprint density at radius 1 is 1.12 bits per heavy atom. The average Bonchev–Trinajstić information content (AvgIpc) is 3.70. The molecule has 1 amide bonds. The summed E-state index contributed by atoms with van der Waals surface area (Å²) in [7, 11) is 1.37. The van der Waals surface area contributed by atoms with Crippen LogP contribution in [0.3, 0.4) is 0 Å². The first-order valence-corrected chi connectivity index (χ1v) is 17.3. The minimum Gasteiger partial charge on any atom is -0.467 e. The predicted octanol–water partition coefficient (Wildman–Crippen LogP) is 4.28. The Hall–Kier alpha value is -3.80. The summed E-state index contributed by atoms with van der Waals surface area (Å²) in [5, 5.41) is 4.71. The molecule has 18 heteroatoms. The third-order valence-electron chi connectivity index (χ3n) is 10.2. The van der Waals surface area contributed by atoms with E-state index >= 15 is 4.39 Å². The van der Waals surface area contributed by atoms with Gasteiger partial charge in [-0.3, -0.25) is 14.4 Å². The minimum absolute atomic E-state index is 0.0117. The summed E-state index contributed by atoms with van der Waals surface area (Å²) in [6, 6.07) is 2.16. The van der Waals surface area contributed by atoms with Crippen molar-refractivity contribution in [2.24, 2.45) is 5.73 Å². The summed E-state index contributed by atoms with van der Waals surface area (Å²) < 4.78 is 81.9. The smallest absolute Gasteiger partial charge is 0.416 e. The SMILES string of the molecule is COc1nc2c(c(N3CCCn4nc(C(=O)N5CC(N)C5)c(Cl)c4C3)n1)COC(c1c(C(F)(F)F)ccc(N)c1F)C2.FC1CC2CCCN2C1. The van der Waals surface area contributed by atoms with Crippen molar-refractivity contribution in [1.29, 1.82) is 0 Å². The summed E-state index contributed by atoms with van der Waals surface area (Å²) >= 11 is 6.68. The molecule has 0 saturated carbocycles. The molecule has 5 aliphatic rings. The van der Waals surface area contributed by atoms with Crippen molar-refractivity contribution in [3.05, 3.63) is 56.7 Å². The number of carbonyl (C=O) groups excluding carboxylic acids is 1. The average molecular weight is 740 g/mol. The number of nitrogens with two attached hydrogens (primary N) is 2. The lowest BCUT2D eigenvalue weighted by atomic mass is 9.94. The molecule has 0 radical (unpaired) electrons. The summed E-state index contributed by atoms with van der Waals surface area (Å²) in [5.74, 6) is -1.03. The van der Waals surface area contributed by atoms with E-state index in [-0.39, 0.29) is 48.2 Å². The van der Waals surface area contributed by atoms with Crippen LogP contribution in [0.4, 0.5) is 33.5 Å². The van der Waals surface area contributed by atoms with E-state index in [0.717, 1.165) is 25.1 Å². The molecule has 0 bridgehead atoms. The number of carbonyl (C=O) groups is 1. The molecular formula is C33H39ClF5N9O3. The molecule has 8 rings (SSSR count). The molecule has 5 aliphatic heterocycles. The maximum absolute atomic E-state index is 15.0. The third-order valence-corrected chi connectivity index (χ3v) is 10.6. The zero-order valence-corrected chi connectivity index (χ0v) is 28.7. The number of benzene rings is 1. The third kappa shape index (κ3) is 6.92. The quantitative estimate of drug-likeness (QED) is 0.295. The highest BCUT2D eigenvalue weighted by Gasteiger charge is 2.41. The number of halogens is 6. The van der Waals surface area contributed by atoms with E-state index in [1.165, 1.54) is 20.0 Å². The number of likely N-dealkylation sites (tertiary alicyclic amines) is 1. The van der Waals surface area contributed by atoms with Crippen LogP contribution in [0.1, 0.15) is 70.4 Å². The summed E-state index contributed by atoms with van der Waals surface area (Å²) in [6.45, 7) is 3.78. The Morgan fingerprint density at radius 3 is 2.61 bits per heavy atom. The first-order chi connectivity index (χ1) is 24.3. The predicted molar refractivity (Wildman–Crippen MR) is 177 cm³/mol. The maximum Gasteiger partial charge on any atom is 0.416 e. The van der Waals surface area contributed by atoms with E-state index in [2.05, 4.69) is 20.0 Å². The number of fused-ring (bicyclic) bond motifs is 3. The highest BCUT2D eigenvalue weighted by atomic mass is 35.5. The standard InChI is InChI=1S/C26H27ClF4N8O3.C7H12FN/c1-41-25-34-16-7-18(19-14(26(29,30)31)3-4-15(33)21(19)28)42-11-13(16)23(35-25)37-5-2-6-39-17(10-37)20(27)22(36-39)24(40)38-8-12(32)9-38;8-6-4-7-2-1-3-9(7)5-6/h3-4,12,18H,2,5-11,32-33H2,1H3;6-7H,1-5H2. The Bertz CT molecular complexity index is 1790. The van der Waals surface area contributed by atoms with Gasteiger partial charge in [-0.05, 0) is 44.4 Å². The van der Waals surface area contributed by atoms with Crippen molar-refractivity contribution in [3.8, 4) is 6.01 Å². The molecule has 4 N–H and O–H groups in total. The van der Waals surface area contributed by atoms with Gasteiger partial charge >= 0.3 is 12.2 Å². The van der Waals surface area contributed by atoms with E-state index in [0.29, 0.717) is 68.0 Å². The summed E-state index contributed by atoms with van der Waals surface area (Å²) in [4.78, 5) is 27.6. The fourth-order valence-corrected chi connectivity index (χ4v) is 7.87. The van der Waals surface area contributed by atoms with Crippen molar-refractivity contribution in [2.45, 2.75) is 82.3 Å². The Morgan fingerprint density at radius 2 is 1.90 bits per heavy atom. The van der Waals surface area contributed by atoms with Crippen LogP contribution in [0.5, 0.6) is 6.01 Å². The minimum atomic E-state index is -4.82. The number of hydrogen-bond donors (Lipinski definition) is 2. The lowest BCUT2D eigenvalue weighted by Gasteiger charge is -2.36. The van der Waals surface area contributed by atoms with Crippen molar-refractivity contribution in [3.63, 3.8) is 0 Å². The van der Waals surface area contributed by atoms with Crippen LogP contribution in [0.15, 0.2) is 12.1 Å². The van der Waals surface area contributed by atoms with Gasteiger partial charge in [0, 0.05) is 62.4 Å². The second kappa shape index (κ2) is 14.0. The molecule has 3 atom stereocenters. The largest absolute Gasteiger partial charge is 0.467 e. The fraction of sp³-hybridized carbons (Fsp3) is 0.576. The van der Waals surface area contributed by atoms with E-state index in [1.807, 2.05) is 4.90 Å². The van der Waals surface area contributed by atoms with Gasteiger partial charge in [-0.1, -0.05) is 11.6 Å². The van der Waals surface area contributed by atoms with Crippen molar-refractivity contribution in [1.82, 2.24) is 29.5 Å². The van der Waals surface area contributed by atoms with Crippen LogP contribution in [-0.2, 0) is 37.0 Å². The zero-order valence-electron chi connectivity index (χ0n) is 27.9. The Balaban J connectivity index is 0.000000389. The number of nitrogen functional groups attached to an aromatic ring is 1. The van der Waals surface area contributed by atoms with Crippen molar-refractivity contribution in [2.75, 3.05) is 50.5 Å². The van der Waals surface area contributed by atoms with E-state index in [4.69, 9.17) is 32.5 Å². The molecule has 0 aliphatic carbocycles. The van der Waals surface area contributed by atoms with Gasteiger partial charge in [0.05, 0.1) is 54.0 Å². The van der Waals surface area contributed by atoms with Gasteiger partial charge in [-0.25, -0.2) is 8.78 Å². The van der Waals surface area contributed by atoms with Crippen LogP contribution >= 0.6 is 11.6 Å². The second-order valence-electron chi connectivity index (χ2n) is 13.6. The van der Waals surface area contributed by atoms with E-state index in [1.54, 1.807) is 9.58 Å². The van der Waals surface area contributed by atoms with Gasteiger partial charge in [0.2, 0.25) is 0 Å². The van der Waals surface area contributed by atoms with Gasteiger partial charge in [0.25, 0.3) is 5.91 Å². The van der Waals surface area contributed by atoms with Gasteiger partial charge in [-0.2, -0.15) is 28.2 Å². The number of aromatic nitrogens is 4. The normalized spacial score (nSPS) is 23.5. The molecule has 1 aromatic carbocycles. The molecule has 3 fully saturated rings. The highest BCUT2D eigenvalue weighted by molar-refractivity contribution is 6.34. The van der Waals surface area contributed by atoms with E-state index in [9.17, 15) is 22.4 Å². The lowest BCUT2D eigenvalue weighted by Crippen LogP contribution is -2.57. The highest BCUT2D eigenvalue weighted by Crippen LogP contribution is 2.43. The van der Waals surface area contributed by atoms with Crippen LogP contribution in [0, 0.1) is 5.82 Å². The molecule has 7 heterocycles. The monoisotopic (exact) mass is 739 g/mol. The molecule has 12 nitrogen and oxygen atoms in total. The number of nitrogens with zero attached hydrogens (tertiary/aromatic N) is 7. The second-order valence-corrected chi connectivity index (χ2v) is 14.0. The summed E-state index contributed by atoms with van der Waals surface area (Å²) in [6.07, 6.45) is -2.85. The molecule has 3 aromatic rings. The number of hydrogen-bond acceptors (Lipinski definition) is 10. The maximum atomic E-state index is 15.0. The van der Waals surface area contributed by atoms with Crippen molar-refractivity contribution < 1.29 is 36.2 Å². The number of ether oxygens (including phenoxy) is 2. The van der Waals surface area contributed by atoms with Crippen LogP contribution in [-0.4, -0.2) is 93.5 Å². The molecule has 2 aromatic heterocycles. The van der Waals surface area contributed by atoms with Gasteiger partial charge in [0.1, 0.15) is 12.0 Å². The van der Waals surface area contributed by atoms with Crippen LogP contribution < -0.4 is 21.1 Å². The molecule has 3 saturated heterocycles. The van der Waals surface area contributed by atoms with Gasteiger partial charge in [0.15, 0.2) is 11.5 Å². The number of rotatable bonds is 4. The lowest BCUT2D eigenvalue weighted by molar-refractivity contribution is -0.140. The summed E-state index contributed by atoms with van der Waals surface area (Å²) in [5.41, 5.74) is 10.8. The van der Waals surface area contributed by atoms with Gasteiger partial charge in [-0.15, -0.1) is 0 Å². The van der Waals surface area contributed by atoms with Crippen molar-refractivity contribution >= 4 is 29.0 Å². The number of anilines is 2. The Kier molecular flexibility index (Phi) is 9.75. The molecule has 3 unspecified atom stereocenters. The molecule has 0 spiro atoms. The van der Waals surface area contributed by atoms with Crippen LogP contribution in [0.25, 0.3) is 0 Å². The number of amides is 1. The Labute approximate surface area is 295 Å². The van der Waals surface area contributed by atoms with Gasteiger partial charge < -0.3 is 30.7 Å². The number of alkyl halides is 4. The topological polar surface area (TPSA) is 141 Å². The first kappa shape index (κ1) is 35.6. The first-order valence-electron chi connectivity index (χ1n) is 17.0. The molecular weight excluding hydrogens is 701 g/mol. The number of methoxy groups -OCH3 is 1. The van der Waals surface area contributed by atoms with Crippen LogP contribution in [0.2, 0.25) is 5.02 Å². The van der Waals surface area contributed by atoms with E-state index < -0.39 is 41.1 Å². The zero-order chi connectivity index (χ0) is 36.2.